The minimum absolute atomic E-state index is 0.782. The highest BCUT2D eigenvalue weighted by Gasteiger charge is 2.02. The molecule has 0 bridgehead atoms. The van der Waals surface area contributed by atoms with Crippen molar-refractivity contribution in [2.24, 2.45) is 0 Å². The molecule has 0 aliphatic heterocycles. The van der Waals surface area contributed by atoms with Crippen molar-refractivity contribution < 1.29 is 9.72 Å². The summed E-state index contributed by atoms with van der Waals surface area (Å²) in [6.07, 6.45) is 0. The summed E-state index contributed by atoms with van der Waals surface area (Å²) >= 11 is 4.59. The van der Waals surface area contributed by atoms with Crippen LogP contribution < -0.4 is 0 Å². The van der Waals surface area contributed by atoms with Gasteiger partial charge in [0.1, 0.15) is 0 Å². The molecule has 0 heterocycles. The molecule has 0 aliphatic carbocycles. The molecule has 0 unspecified atom stereocenters. The van der Waals surface area contributed by atoms with Gasteiger partial charge >= 0.3 is 0 Å². The van der Waals surface area contributed by atoms with Gasteiger partial charge in [-0.05, 0) is 11.6 Å². The Hall–Kier alpha value is -0.640. The molecule has 0 aliphatic rings. The molecular formula is C2H2ClNO3. The minimum atomic E-state index is -0.940. The summed E-state index contributed by atoms with van der Waals surface area (Å²) in [5.74, 6) is 0. The van der Waals surface area contributed by atoms with Gasteiger partial charge in [0.15, 0.2) is 0 Å². The molecule has 7 heavy (non-hydrogen) atoms. The molecular weight excluding hydrogens is 121 g/mol. The SMILES string of the molecule is O=C(Cl)C[N+](=O)[O-]. The van der Waals surface area contributed by atoms with E-state index < -0.39 is 16.7 Å². The van der Waals surface area contributed by atoms with Crippen molar-refractivity contribution in [2.75, 3.05) is 6.54 Å². The van der Waals surface area contributed by atoms with E-state index in [1.54, 1.807) is 0 Å². The molecule has 0 rings (SSSR count). The molecule has 0 aromatic carbocycles. The van der Waals surface area contributed by atoms with Gasteiger partial charge in [0.25, 0.3) is 11.8 Å². The van der Waals surface area contributed by atoms with Crippen LogP contribution in [-0.4, -0.2) is 16.7 Å². The number of nitrogens with zero attached hydrogens (tertiary/aromatic N) is 1. The molecule has 0 amide bonds. The van der Waals surface area contributed by atoms with Crippen LogP contribution in [0.5, 0.6) is 0 Å². The number of carbonyl (C=O) groups is 1. The summed E-state index contributed by atoms with van der Waals surface area (Å²) in [4.78, 5) is 18.1. The Balaban J connectivity index is 3.32. The van der Waals surface area contributed by atoms with E-state index >= 15 is 0 Å². The van der Waals surface area contributed by atoms with Crippen molar-refractivity contribution in [3.05, 3.63) is 10.1 Å². The lowest BCUT2D eigenvalue weighted by molar-refractivity contribution is -0.466. The van der Waals surface area contributed by atoms with Crippen molar-refractivity contribution in [3.63, 3.8) is 0 Å². The van der Waals surface area contributed by atoms with Crippen molar-refractivity contribution in [3.8, 4) is 0 Å². The Morgan fingerprint density at radius 2 is 2.29 bits per heavy atom. The Morgan fingerprint density at radius 3 is 2.29 bits per heavy atom. The first-order chi connectivity index (χ1) is 3.13. The molecule has 0 saturated carbocycles. The largest absolute Gasteiger partial charge is 0.292 e. The topological polar surface area (TPSA) is 60.2 Å². The van der Waals surface area contributed by atoms with Crippen LogP contribution in [0.3, 0.4) is 0 Å². The Morgan fingerprint density at radius 1 is 1.86 bits per heavy atom. The zero-order valence-electron chi connectivity index (χ0n) is 3.26. The zero-order chi connectivity index (χ0) is 5.86. The molecule has 0 aromatic heterocycles. The van der Waals surface area contributed by atoms with Crippen LogP contribution >= 0.6 is 11.6 Å². The molecule has 0 spiro atoms. The first kappa shape index (κ1) is 6.36. The molecule has 0 aromatic rings. The summed E-state index contributed by atoms with van der Waals surface area (Å²) in [5.41, 5.74) is 0. The minimum Gasteiger partial charge on any atom is -0.274 e. The molecule has 0 atom stereocenters. The molecule has 5 heteroatoms. The van der Waals surface area contributed by atoms with Crippen LogP contribution in [0.4, 0.5) is 0 Å². The lowest BCUT2D eigenvalue weighted by atomic mass is 10.8. The number of nitro groups is 1. The smallest absolute Gasteiger partial charge is 0.274 e. The second kappa shape index (κ2) is 2.52. The van der Waals surface area contributed by atoms with Crippen LogP contribution in [0, 0.1) is 10.1 Å². The van der Waals surface area contributed by atoms with Gasteiger partial charge in [0.05, 0.1) is 0 Å². The van der Waals surface area contributed by atoms with E-state index in [-0.39, 0.29) is 0 Å². The average molecular weight is 123 g/mol. The quantitative estimate of drug-likeness (QED) is 0.296. The van der Waals surface area contributed by atoms with E-state index in [0.717, 1.165) is 0 Å². The highest BCUT2D eigenvalue weighted by molar-refractivity contribution is 6.63. The Labute approximate surface area is 44.2 Å². The van der Waals surface area contributed by atoms with Gasteiger partial charge in [0.2, 0.25) is 0 Å². The van der Waals surface area contributed by atoms with E-state index in [2.05, 4.69) is 11.6 Å². The Bertz CT molecular complexity index is 89.1. The van der Waals surface area contributed by atoms with Crippen molar-refractivity contribution >= 4 is 16.8 Å². The summed E-state index contributed by atoms with van der Waals surface area (Å²) in [6.45, 7) is -0.790. The number of halogens is 1. The maximum Gasteiger partial charge on any atom is 0.292 e. The fourth-order valence-corrected chi connectivity index (χ4v) is 0.199. The second-order valence-electron chi connectivity index (χ2n) is 0.846. The second-order valence-corrected chi connectivity index (χ2v) is 1.27. The standard InChI is InChI=1S/C2H2ClNO3/c3-2(5)1-4(6)7/h1H2. The maximum absolute atomic E-state index is 9.58. The van der Waals surface area contributed by atoms with Crippen LogP contribution in [0.25, 0.3) is 0 Å². The third-order valence-electron chi connectivity index (χ3n) is 0.253. The number of rotatable bonds is 2. The van der Waals surface area contributed by atoms with Gasteiger partial charge in [-0.25, -0.2) is 0 Å². The first-order valence-corrected chi connectivity index (χ1v) is 1.81. The molecule has 0 radical (unpaired) electrons. The van der Waals surface area contributed by atoms with E-state index in [0.29, 0.717) is 0 Å². The first-order valence-electron chi connectivity index (χ1n) is 1.43. The third kappa shape index (κ3) is 5.36. The van der Waals surface area contributed by atoms with Gasteiger partial charge in [-0.1, -0.05) is 0 Å². The van der Waals surface area contributed by atoms with E-state index in [4.69, 9.17) is 0 Å². The number of hydrogen-bond acceptors (Lipinski definition) is 3. The van der Waals surface area contributed by atoms with Gasteiger partial charge in [-0.15, -0.1) is 0 Å². The Kier molecular flexibility index (Phi) is 2.29. The van der Waals surface area contributed by atoms with Gasteiger partial charge in [-0.3, -0.25) is 14.9 Å². The van der Waals surface area contributed by atoms with Crippen LogP contribution in [0.15, 0.2) is 0 Å². The van der Waals surface area contributed by atoms with E-state index in [1.165, 1.54) is 0 Å². The highest BCUT2D eigenvalue weighted by atomic mass is 35.5. The number of carbonyl (C=O) groups excluding carboxylic acids is 1. The lowest BCUT2D eigenvalue weighted by Gasteiger charge is -1.78. The molecule has 4 nitrogen and oxygen atoms in total. The van der Waals surface area contributed by atoms with Gasteiger partial charge in [-0.2, -0.15) is 0 Å². The van der Waals surface area contributed by atoms with E-state index in [1.807, 2.05) is 0 Å². The van der Waals surface area contributed by atoms with Crippen LogP contribution in [0.1, 0.15) is 0 Å². The third-order valence-corrected chi connectivity index (χ3v) is 0.373. The lowest BCUT2D eigenvalue weighted by Crippen LogP contribution is -2.06. The molecule has 0 saturated heterocycles. The molecule has 40 valence electrons. The monoisotopic (exact) mass is 123 g/mol. The normalized spacial score (nSPS) is 8.14. The summed E-state index contributed by atoms with van der Waals surface area (Å²) < 4.78 is 0. The van der Waals surface area contributed by atoms with Crippen molar-refractivity contribution in [1.82, 2.24) is 0 Å². The van der Waals surface area contributed by atoms with Crippen LogP contribution in [0.2, 0.25) is 0 Å². The predicted octanol–water partition coefficient (Wildman–Crippen LogP) is 0.0285. The van der Waals surface area contributed by atoms with E-state index in [9.17, 15) is 14.9 Å². The van der Waals surface area contributed by atoms with Crippen molar-refractivity contribution in [1.29, 1.82) is 0 Å². The summed E-state index contributed by atoms with van der Waals surface area (Å²) in [7, 11) is 0. The predicted molar refractivity (Wildman–Crippen MR) is 22.7 cm³/mol. The zero-order valence-corrected chi connectivity index (χ0v) is 4.01. The number of hydrogen-bond donors (Lipinski definition) is 0. The molecule has 0 fully saturated rings. The van der Waals surface area contributed by atoms with Crippen LogP contribution in [-0.2, 0) is 4.79 Å². The summed E-state index contributed by atoms with van der Waals surface area (Å²) in [6, 6.07) is 0. The highest BCUT2D eigenvalue weighted by Crippen LogP contribution is 1.77. The van der Waals surface area contributed by atoms with Crippen molar-refractivity contribution in [2.45, 2.75) is 0 Å². The fraction of sp³-hybridized carbons (Fsp3) is 0.500. The fourth-order valence-electron chi connectivity index (χ4n) is 0.101. The summed E-state index contributed by atoms with van der Waals surface area (Å²) in [5, 5.41) is 8.37. The average Bonchev–Trinajstić information content (AvgIpc) is 1.27. The van der Waals surface area contributed by atoms with Gasteiger partial charge in [0, 0.05) is 4.92 Å². The molecule has 0 N–H and O–H groups in total. The maximum atomic E-state index is 9.58. The van der Waals surface area contributed by atoms with Gasteiger partial charge < -0.3 is 0 Å².